The average Bonchev–Trinajstić information content (AvgIpc) is 2.92. The smallest absolute Gasteiger partial charge is 0.338 e. The van der Waals surface area contributed by atoms with Crippen molar-refractivity contribution in [3.05, 3.63) is 34.0 Å². The van der Waals surface area contributed by atoms with Crippen LogP contribution in [0.15, 0.2) is 18.3 Å². The van der Waals surface area contributed by atoms with Crippen molar-refractivity contribution in [2.24, 2.45) is 0 Å². The maximum Gasteiger partial charge on any atom is 0.338 e. The predicted molar refractivity (Wildman–Crippen MR) is 70.3 cm³/mol. The fraction of sp³-hybridized carbons (Fsp3) is 0.333. The van der Waals surface area contributed by atoms with Gasteiger partial charge in [0.1, 0.15) is 6.10 Å². The van der Waals surface area contributed by atoms with Crippen LogP contribution in [0.4, 0.5) is 5.69 Å². The molecular formula is C12H13N3O6. The zero-order valence-electron chi connectivity index (χ0n) is 11.0. The van der Waals surface area contributed by atoms with Crippen molar-refractivity contribution in [3.63, 3.8) is 0 Å². The number of H-pyrrole nitrogens is 1. The number of carbonyl (C=O) groups is 1. The number of carbonyl (C=O) groups excluding carboxylic acids is 1. The van der Waals surface area contributed by atoms with Gasteiger partial charge in [-0.05, 0) is 18.6 Å². The average molecular weight is 295 g/mol. The maximum absolute atomic E-state index is 11.4. The van der Waals surface area contributed by atoms with Crippen LogP contribution in [0.5, 0.6) is 0 Å². The number of nitro benzene ring substituents is 1. The molecule has 0 bridgehead atoms. The Kier molecular flexibility index (Phi) is 4.15. The molecule has 21 heavy (non-hydrogen) atoms. The van der Waals surface area contributed by atoms with Crippen LogP contribution in [-0.4, -0.2) is 44.0 Å². The van der Waals surface area contributed by atoms with Gasteiger partial charge in [-0.1, -0.05) is 0 Å². The third-order valence-electron chi connectivity index (χ3n) is 2.92. The Balaban J connectivity index is 2.41. The van der Waals surface area contributed by atoms with Gasteiger partial charge in [-0.25, -0.2) is 4.79 Å². The Morgan fingerprint density at radius 3 is 2.86 bits per heavy atom. The number of esters is 1. The molecule has 0 saturated carbocycles. The number of nitrogens with one attached hydrogen (secondary N) is 1. The van der Waals surface area contributed by atoms with E-state index >= 15 is 0 Å². The molecule has 2 aromatic rings. The van der Waals surface area contributed by atoms with Crippen LogP contribution in [0.25, 0.3) is 10.9 Å². The lowest BCUT2D eigenvalue weighted by molar-refractivity contribution is -0.383. The topological polar surface area (TPSA) is 139 Å². The lowest BCUT2D eigenvalue weighted by Crippen LogP contribution is -2.29. The third kappa shape index (κ3) is 2.83. The van der Waals surface area contributed by atoms with Crippen LogP contribution < -0.4 is 0 Å². The number of benzene rings is 1. The molecule has 3 N–H and O–H groups in total. The van der Waals surface area contributed by atoms with Crippen LogP contribution in [0.1, 0.15) is 18.6 Å². The summed E-state index contributed by atoms with van der Waals surface area (Å²) in [5.74, 6) is -1.00. The summed E-state index contributed by atoms with van der Waals surface area (Å²) in [6.07, 6.45) is -2.19. The van der Waals surface area contributed by atoms with Crippen molar-refractivity contribution in [3.8, 4) is 0 Å². The van der Waals surface area contributed by atoms with E-state index in [1.165, 1.54) is 12.3 Å². The molecule has 1 heterocycles. The Morgan fingerprint density at radius 1 is 1.52 bits per heavy atom. The highest BCUT2D eigenvalue weighted by Crippen LogP contribution is 2.30. The zero-order chi connectivity index (χ0) is 15.6. The van der Waals surface area contributed by atoms with Crippen molar-refractivity contribution in [1.82, 2.24) is 10.2 Å². The molecular weight excluding hydrogens is 282 g/mol. The van der Waals surface area contributed by atoms with E-state index in [0.717, 1.165) is 6.07 Å². The van der Waals surface area contributed by atoms with Crippen LogP contribution in [0.3, 0.4) is 0 Å². The number of hydrogen-bond acceptors (Lipinski definition) is 7. The van der Waals surface area contributed by atoms with E-state index in [4.69, 9.17) is 0 Å². The Hall–Kier alpha value is -2.52. The second-order valence-corrected chi connectivity index (χ2v) is 4.27. The number of fused-ring (bicyclic) bond motifs is 1. The van der Waals surface area contributed by atoms with Gasteiger partial charge in [0.2, 0.25) is 0 Å². The molecule has 0 radical (unpaired) electrons. The van der Waals surface area contributed by atoms with Gasteiger partial charge in [0.15, 0.2) is 6.10 Å². The molecule has 1 aromatic heterocycles. The SMILES string of the molecule is CCOC(=O)C(O)C(O)c1cc([N+](=O)[O-])c2cn[nH]c2c1. The molecule has 0 saturated heterocycles. The summed E-state index contributed by atoms with van der Waals surface area (Å²) >= 11 is 0. The van der Waals surface area contributed by atoms with Gasteiger partial charge in [-0.3, -0.25) is 15.2 Å². The first-order chi connectivity index (χ1) is 9.95. The number of nitrogens with zero attached hydrogens (tertiary/aromatic N) is 2. The van der Waals surface area contributed by atoms with Gasteiger partial charge in [-0.2, -0.15) is 5.10 Å². The molecule has 0 spiro atoms. The van der Waals surface area contributed by atoms with Gasteiger partial charge in [0.25, 0.3) is 5.69 Å². The highest BCUT2D eigenvalue weighted by Gasteiger charge is 2.29. The monoisotopic (exact) mass is 295 g/mol. The number of non-ortho nitro benzene ring substituents is 1. The number of aromatic nitrogens is 2. The highest BCUT2D eigenvalue weighted by molar-refractivity contribution is 5.88. The fourth-order valence-corrected chi connectivity index (χ4v) is 1.91. The van der Waals surface area contributed by atoms with Crippen molar-refractivity contribution in [1.29, 1.82) is 0 Å². The highest BCUT2D eigenvalue weighted by atomic mass is 16.6. The lowest BCUT2D eigenvalue weighted by atomic mass is 10.0. The van der Waals surface area contributed by atoms with E-state index in [0.29, 0.717) is 5.52 Å². The molecule has 0 aliphatic rings. The number of aromatic amines is 1. The van der Waals surface area contributed by atoms with Crippen molar-refractivity contribution < 1.29 is 24.7 Å². The minimum absolute atomic E-state index is 0.0130. The number of rotatable bonds is 5. The summed E-state index contributed by atoms with van der Waals surface area (Å²) in [4.78, 5) is 21.8. The molecule has 112 valence electrons. The minimum Gasteiger partial charge on any atom is -0.464 e. The van der Waals surface area contributed by atoms with Gasteiger partial charge < -0.3 is 14.9 Å². The predicted octanol–water partition coefficient (Wildman–Crippen LogP) is 0.428. The standard InChI is InChI=1S/C12H13N3O6/c1-2-21-12(18)11(17)10(16)6-3-8-7(5-13-14-8)9(4-6)15(19)20/h3-5,10-11,16-17H,2H2,1H3,(H,13,14). The van der Waals surface area contributed by atoms with E-state index in [-0.39, 0.29) is 23.2 Å². The molecule has 9 heteroatoms. The molecule has 0 aliphatic carbocycles. The number of aliphatic hydroxyl groups is 2. The first-order valence-corrected chi connectivity index (χ1v) is 6.10. The van der Waals surface area contributed by atoms with Crippen molar-refractivity contribution in [2.75, 3.05) is 6.61 Å². The Bertz CT molecular complexity index is 683. The lowest BCUT2D eigenvalue weighted by Gasteiger charge is -2.16. The number of ether oxygens (including phenoxy) is 1. The van der Waals surface area contributed by atoms with Crippen LogP contribution in [-0.2, 0) is 9.53 Å². The van der Waals surface area contributed by atoms with E-state index < -0.39 is 23.1 Å². The molecule has 2 rings (SSSR count). The number of aliphatic hydroxyl groups excluding tert-OH is 2. The molecule has 2 atom stereocenters. The zero-order valence-corrected chi connectivity index (χ0v) is 11.0. The Morgan fingerprint density at radius 2 is 2.24 bits per heavy atom. The second kappa shape index (κ2) is 5.85. The number of hydrogen-bond donors (Lipinski definition) is 3. The first kappa shape index (κ1) is 14.9. The molecule has 0 amide bonds. The molecule has 9 nitrogen and oxygen atoms in total. The van der Waals surface area contributed by atoms with Gasteiger partial charge in [-0.15, -0.1) is 0 Å². The second-order valence-electron chi connectivity index (χ2n) is 4.27. The molecule has 2 unspecified atom stereocenters. The van der Waals surface area contributed by atoms with Crippen LogP contribution in [0.2, 0.25) is 0 Å². The first-order valence-electron chi connectivity index (χ1n) is 6.10. The van der Waals surface area contributed by atoms with Gasteiger partial charge >= 0.3 is 5.97 Å². The molecule has 0 aliphatic heterocycles. The fourth-order valence-electron chi connectivity index (χ4n) is 1.91. The van der Waals surface area contributed by atoms with Gasteiger partial charge in [0, 0.05) is 6.07 Å². The summed E-state index contributed by atoms with van der Waals surface area (Å²) < 4.78 is 4.59. The van der Waals surface area contributed by atoms with E-state index in [2.05, 4.69) is 14.9 Å². The maximum atomic E-state index is 11.4. The van der Waals surface area contributed by atoms with Crippen molar-refractivity contribution >= 4 is 22.6 Å². The summed E-state index contributed by atoms with van der Waals surface area (Å²) in [7, 11) is 0. The molecule has 0 fully saturated rings. The van der Waals surface area contributed by atoms with Crippen LogP contribution >= 0.6 is 0 Å². The van der Waals surface area contributed by atoms with E-state index in [9.17, 15) is 25.1 Å². The van der Waals surface area contributed by atoms with E-state index in [1.54, 1.807) is 6.92 Å². The quantitative estimate of drug-likeness (QED) is 0.413. The Labute approximate surface area is 118 Å². The van der Waals surface area contributed by atoms with E-state index in [1.807, 2.05) is 0 Å². The minimum atomic E-state index is -1.83. The summed E-state index contributed by atoms with van der Waals surface area (Å²) in [6.45, 7) is 1.60. The van der Waals surface area contributed by atoms with Crippen molar-refractivity contribution in [2.45, 2.75) is 19.1 Å². The van der Waals surface area contributed by atoms with Gasteiger partial charge in [0.05, 0.1) is 28.6 Å². The normalized spacial score (nSPS) is 13.9. The van der Waals surface area contributed by atoms with Crippen LogP contribution in [0, 0.1) is 10.1 Å². The summed E-state index contributed by atoms with van der Waals surface area (Å²) in [6, 6.07) is 2.47. The molecule has 1 aromatic carbocycles. The number of nitro groups is 1. The third-order valence-corrected chi connectivity index (χ3v) is 2.92. The largest absolute Gasteiger partial charge is 0.464 e. The summed E-state index contributed by atoms with van der Waals surface area (Å²) in [5, 5.41) is 37.2. The summed E-state index contributed by atoms with van der Waals surface area (Å²) in [5.41, 5.74) is 0.0414.